The van der Waals surface area contributed by atoms with Crippen molar-refractivity contribution < 1.29 is 9.90 Å². The van der Waals surface area contributed by atoms with Crippen LogP contribution in [0.2, 0.25) is 0 Å². The second-order valence-electron chi connectivity index (χ2n) is 4.64. The zero-order valence-electron chi connectivity index (χ0n) is 10.4. The van der Waals surface area contributed by atoms with Gasteiger partial charge in [0.2, 0.25) is 0 Å². The van der Waals surface area contributed by atoms with Gasteiger partial charge in [-0.15, -0.1) is 0 Å². The van der Waals surface area contributed by atoms with E-state index in [2.05, 4.69) is 11.4 Å². The first kappa shape index (κ1) is 12.8. The highest BCUT2D eigenvalue weighted by atomic mass is 16.4. The molecule has 1 aromatic carbocycles. The average Bonchev–Trinajstić information content (AvgIpc) is 2.88. The molecule has 0 heterocycles. The van der Waals surface area contributed by atoms with Crippen LogP contribution in [0, 0.1) is 0 Å². The van der Waals surface area contributed by atoms with Crippen LogP contribution in [0.4, 0.5) is 0 Å². The molecule has 0 aromatic heterocycles. The summed E-state index contributed by atoms with van der Waals surface area (Å²) in [5, 5.41) is 12.4. The Kier molecular flexibility index (Phi) is 4.53. The third-order valence-electron chi connectivity index (χ3n) is 3.31. The van der Waals surface area contributed by atoms with Gasteiger partial charge in [0.25, 0.3) is 0 Å². The number of hydrogen-bond acceptors (Lipinski definition) is 2. The van der Waals surface area contributed by atoms with Gasteiger partial charge in [-0.05, 0) is 37.8 Å². The van der Waals surface area contributed by atoms with Crippen LogP contribution < -0.4 is 5.32 Å². The second kappa shape index (κ2) is 6.36. The van der Waals surface area contributed by atoms with Crippen molar-refractivity contribution in [2.24, 2.45) is 0 Å². The van der Waals surface area contributed by atoms with E-state index in [1.54, 1.807) is 0 Å². The number of nitrogens with one attached hydrogen (secondary N) is 1. The van der Waals surface area contributed by atoms with Crippen LogP contribution in [0.1, 0.15) is 37.3 Å². The zero-order valence-corrected chi connectivity index (χ0v) is 10.4. The number of hydrogen-bond donors (Lipinski definition) is 2. The van der Waals surface area contributed by atoms with E-state index in [4.69, 9.17) is 0 Å². The van der Waals surface area contributed by atoms with Gasteiger partial charge < -0.3 is 10.4 Å². The number of carboxylic acid groups (broad SMARTS) is 1. The van der Waals surface area contributed by atoms with Crippen LogP contribution in [0.3, 0.4) is 0 Å². The summed E-state index contributed by atoms with van der Waals surface area (Å²) in [5.74, 6) is -0.818. The fourth-order valence-corrected chi connectivity index (χ4v) is 2.33. The van der Waals surface area contributed by atoms with Gasteiger partial charge in [-0.2, -0.15) is 0 Å². The fraction of sp³-hybridized carbons (Fsp3) is 0.400. The number of benzene rings is 1. The van der Waals surface area contributed by atoms with Gasteiger partial charge in [0, 0.05) is 0 Å². The summed E-state index contributed by atoms with van der Waals surface area (Å²) in [6, 6.07) is 8.72. The topological polar surface area (TPSA) is 49.3 Å². The maximum absolute atomic E-state index is 11.2. The van der Waals surface area contributed by atoms with Crippen molar-refractivity contribution in [3.8, 4) is 0 Å². The lowest BCUT2D eigenvalue weighted by Crippen LogP contribution is -2.29. The quantitative estimate of drug-likeness (QED) is 0.758. The highest BCUT2D eigenvalue weighted by Gasteiger charge is 2.18. The molecule has 3 heteroatoms. The first-order chi connectivity index (χ1) is 8.77. The Bertz CT molecular complexity index is 425. The molecule has 1 aliphatic rings. The predicted octanol–water partition coefficient (Wildman–Crippen LogP) is 2.90. The van der Waals surface area contributed by atoms with Crippen LogP contribution in [0.5, 0.6) is 0 Å². The number of rotatable bonds is 6. The van der Waals surface area contributed by atoms with E-state index in [1.165, 1.54) is 24.8 Å². The van der Waals surface area contributed by atoms with Crippen LogP contribution in [-0.4, -0.2) is 17.6 Å². The smallest absolute Gasteiger partial charge is 0.325 e. The maximum atomic E-state index is 11.2. The summed E-state index contributed by atoms with van der Waals surface area (Å²) in [4.78, 5) is 11.2. The minimum atomic E-state index is -0.818. The molecule has 0 saturated carbocycles. The van der Waals surface area contributed by atoms with Crippen molar-refractivity contribution >= 4 is 5.97 Å². The largest absolute Gasteiger partial charge is 0.480 e. The van der Waals surface area contributed by atoms with E-state index in [1.807, 2.05) is 30.3 Å². The molecule has 3 nitrogen and oxygen atoms in total. The normalized spacial score (nSPS) is 16.3. The van der Waals surface area contributed by atoms with Crippen molar-refractivity contribution in [3.63, 3.8) is 0 Å². The summed E-state index contributed by atoms with van der Waals surface area (Å²) in [6.45, 7) is 0.720. The van der Waals surface area contributed by atoms with Crippen LogP contribution >= 0.6 is 0 Å². The van der Waals surface area contributed by atoms with Crippen molar-refractivity contribution in [2.45, 2.75) is 31.7 Å². The van der Waals surface area contributed by atoms with Gasteiger partial charge in [0.05, 0.1) is 0 Å². The third kappa shape index (κ3) is 3.44. The standard InChI is InChI=1S/C15H19NO2/c17-15(18)14(13-8-2-1-3-9-13)16-11-10-12-6-4-5-7-12/h1-3,6,8-9,14,16H,4-5,7,10-11H2,(H,17,18). The minimum Gasteiger partial charge on any atom is -0.480 e. The van der Waals surface area contributed by atoms with Crippen LogP contribution in [0.15, 0.2) is 42.0 Å². The SMILES string of the molecule is O=C(O)C(NCCC1=CCCC1)c1ccccc1. The zero-order chi connectivity index (χ0) is 12.8. The molecule has 18 heavy (non-hydrogen) atoms. The summed E-state index contributed by atoms with van der Waals surface area (Å²) in [5.41, 5.74) is 2.27. The lowest BCUT2D eigenvalue weighted by atomic mass is 10.1. The molecule has 0 radical (unpaired) electrons. The van der Waals surface area contributed by atoms with E-state index in [0.717, 1.165) is 18.5 Å². The third-order valence-corrected chi connectivity index (χ3v) is 3.31. The van der Waals surface area contributed by atoms with Crippen LogP contribution in [0.25, 0.3) is 0 Å². The number of carbonyl (C=O) groups is 1. The molecule has 1 aromatic rings. The van der Waals surface area contributed by atoms with Gasteiger partial charge in [-0.3, -0.25) is 4.79 Å². The van der Waals surface area contributed by atoms with E-state index in [9.17, 15) is 9.90 Å². The van der Waals surface area contributed by atoms with Gasteiger partial charge in [0.15, 0.2) is 0 Å². The number of allylic oxidation sites excluding steroid dienone is 1. The Labute approximate surface area is 108 Å². The van der Waals surface area contributed by atoms with Gasteiger partial charge in [0.1, 0.15) is 6.04 Å². The Morgan fingerprint density at radius 1 is 1.33 bits per heavy atom. The fourth-order valence-electron chi connectivity index (χ4n) is 2.33. The van der Waals surface area contributed by atoms with E-state index in [0.29, 0.717) is 0 Å². The molecule has 0 saturated heterocycles. The molecule has 0 amide bonds. The maximum Gasteiger partial charge on any atom is 0.325 e. The first-order valence-corrected chi connectivity index (χ1v) is 6.46. The molecule has 1 atom stereocenters. The minimum absolute atomic E-state index is 0.604. The summed E-state index contributed by atoms with van der Waals surface area (Å²) in [6.07, 6.45) is 6.83. The molecule has 2 rings (SSSR count). The lowest BCUT2D eigenvalue weighted by molar-refractivity contribution is -0.139. The number of carboxylic acids is 1. The Balaban J connectivity index is 1.89. The first-order valence-electron chi connectivity index (χ1n) is 6.46. The van der Waals surface area contributed by atoms with Gasteiger partial charge >= 0.3 is 5.97 Å². The monoisotopic (exact) mass is 245 g/mol. The van der Waals surface area contributed by atoms with Crippen molar-refractivity contribution in [2.75, 3.05) is 6.54 Å². The van der Waals surface area contributed by atoms with E-state index in [-0.39, 0.29) is 0 Å². The van der Waals surface area contributed by atoms with Gasteiger partial charge in [-0.1, -0.05) is 42.0 Å². The lowest BCUT2D eigenvalue weighted by Gasteiger charge is -2.15. The Morgan fingerprint density at radius 3 is 2.72 bits per heavy atom. The molecule has 1 aliphatic carbocycles. The summed E-state index contributed by atoms with van der Waals surface area (Å²) in [7, 11) is 0. The summed E-state index contributed by atoms with van der Waals surface area (Å²) < 4.78 is 0. The molecule has 1 unspecified atom stereocenters. The number of aliphatic carboxylic acids is 1. The van der Waals surface area contributed by atoms with Crippen molar-refractivity contribution in [1.29, 1.82) is 0 Å². The molecule has 0 spiro atoms. The van der Waals surface area contributed by atoms with Gasteiger partial charge in [-0.25, -0.2) is 0 Å². The van der Waals surface area contributed by atoms with Crippen molar-refractivity contribution in [3.05, 3.63) is 47.5 Å². The predicted molar refractivity (Wildman–Crippen MR) is 71.4 cm³/mol. The Morgan fingerprint density at radius 2 is 2.11 bits per heavy atom. The van der Waals surface area contributed by atoms with Crippen molar-refractivity contribution in [1.82, 2.24) is 5.32 Å². The van der Waals surface area contributed by atoms with E-state index >= 15 is 0 Å². The molecular weight excluding hydrogens is 226 g/mol. The summed E-state index contributed by atoms with van der Waals surface area (Å²) >= 11 is 0. The van der Waals surface area contributed by atoms with E-state index < -0.39 is 12.0 Å². The average molecular weight is 245 g/mol. The molecule has 0 aliphatic heterocycles. The molecular formula is C15H19NO2. The highest BCUT2D eigenvalue weighted by molar-refractivity contribution is 5.75. The molecule has 0 fully saturated rings. The molecule has 0 bridgehead atoms. The molecule has 96 valence electrons. The second-order valence-corrected chi connectivity index (χ2v) is 4.64. The Hall–Kier alpha value is -1.61. The van der Waals surface area contributed by atoms with Crippen LogP contribution in [-0.2, 0) is 4.79 Å². The molecule has 2 N–H and O–H groups in total. The highest BCUT2D eigenvalue weighted by Crippen LogP contribution is 2.20.